The molecule has 5 nitrogen and oxygen atoms in total. The lowest BCUT2D eigenvalue weighted by Gasteiger charge is -2.26. The zero-order valence-corrected chi connectivity index (χ0v) is 15.6. The van der Waals surface area contributed by atoms with Crippen LogP contribution in [0.5, 0.6) is 5.75 Å². The summed E-state index contributed by atoms with van der Waals surface area (Å²) in [7, 11) is 1.64. The lowest BCUT2D eigenvalue weighted by molar-refractivity contribution is -0.144. The molecule has 0 bridgehead atoms. The Bertz CT molecular complexity index is 590. The zero-order chi connectivity index (χ0) is 18.3. The quantitative estimate of drug-likeness (QED) is 0.663. The number of carbonyl (C=O) groups excluding carboxylic acids is 2. The summed E-state index contributed by atoms with van der Waals surface area (Å²) in [6.45, 7) is 6.10. The molecule has 1 aromatic carbocycles. The average molecular weight is 346 g/mol. The summed E-state index contributed by atoms with van der Waals surface area (Å²) in [6, 6.07) is 7.82. The molecule has 1 aliphatic carbocycles. The van der Waals surface area contributed by atoms with Crippen LogP contribution in [0, 0.1) is 5.41 Å². The van der Waals surface area contributed by atoms with Gasteiger partial charge in [0.2, 0.25) is 11.8 Å². The number of hydrogen-bond acceptors (Lipinski definition) is 3. The summed E-state index contributed by atoms with van der Waals surface area (Å²) in [6.07, 6.45) is 3.89. The molecule has 2 amide bonds. The van der Waals surface area contributed by atoms with Crippen molar-refractivity contribution in [2.75, 3.05) is 26.7 Å². The fourth-order valence-electron chi connectivity index (χ4n) is 3.14. The van der Waals surface area contributed by atoms with Gasteiger partial charge >= 0.3 is 0 Å². The second-order valence-corrected chi connectivity index (χ2v) is 6.73. The van der Waals surface area contributed by atoms with Crippen molar-refractivity contribution in [3.05, 3.63) is 29.8 Å². The topological polar surface area (TPSA) is 58.6 Å². The second-order valence-electron chi connectivity index (χ2n) is 6.73. The maximum atomic E-state index is 12.8. The van der Waals surface area contributed by atoms with E-state index in [4.69, 9.17) is 4.74 Å². The van der Waals surface area contributed by atoms with Crippen LogP contribution in [0.3, 0.4) is 0 Å². The smallest absolute Gasteiger partial charge is 0.238 e. The number of nitrogens with one attached hydrogen (secondary N) is 1. The first-order valence-corrected chi connectivity index (χ1v) is 9.28. The highest BCUT2D eigenvalue weighted by Gasteiger charge is 2.57. The molecular formula is C20H30N2O3. The predicted octanol–water partition coefficient (Wildman–Crippen LogP) is 2.78. The first-order chi connectivity index (χ1) is 12.1. The Hall–Kier alpha value is -2.04. The molecule has 1 N–H and O–H groups in total. The van der Waals surface area contributed by atoms with Gasteiger partial charge in [-0.2, -0.15) is 0 Å². The molecule has 0 atom stereocenters. The van der Waals surface area contributed by atoms with Gasteiger partial charge in [-0.25, -0.2) is 0 Å². The Labute approximate surface area is 150 Å². The van der Waals surface area contributed by atoms with E-state index in [1.54, 1.807) is 7.11 Å². The third-order valence-corrected chi connectivity index (χ3v) is 4.70. The fraction of sp³-hybridized carbons (Fsp3) is 0.600. The van der Waals surface area contributed by atoms with Gasteiger partial charge in [-0.1, -0.05) is 26.0 Å². The standard InChI is InChI=1S/C20H30N2O3/c1-4-13-22(14-5-2)19(24)20(10-11-20)18(23)21-12-9-16-7-6-8-17(15-16)25-3/h6-8,15H,4-5,9-14H2,1-3H3,(H,21,23). The molecule has 0 saturated heterocycles. The highest BCUT2D eigenvalue weighted by Crippen LogP contribution is 2.47. The Kier molecular flexibility index (Phi) is 6.85. The Morgan fingerprint density at radius 2 is 1.88 bits per heavy atom. The van der Waals surface area contributed by atoms with Gasteiger partial charge < -0.3 is 15.0 Å². The molecule has 0 spiro atoms. The van der Waals surface area contributed by atoms with E-state index < -0.39 is 5.41 Å². The number of ether oxygens (including phenoxy) is 1. The van der Waals surface area contributed by atoms with Crippen molar-refractivity contribution in [1.82, 2.24) is 10.2 Å². The van der Waals surface area contributed by atoms with E-state index in [2.05, 4.69) is 19.2 Å². The molecule has 25 heavy (non-hydrogen) atoms. The molecule has 0 aromatic heterocycles. The maximum absolute atomic E-state index is 12.8. The minimum absolute atomic E-state index is 0.00933. The fourth-order valence-corrected chi connectivity index (χ4v) is 3.14. The zero-order valence-electron chi connectivity index (χ0n) is 15.6. The van der Waals surface area contributed by atoms with Crippen LogP contribution in [0.25, 0.3) is 0 Å². The molecule has 2 rings (SSSR count). The van der Waals surface area contributed by atoms with Crippen LogP contribution < -0.4 is 10.1 Å². The minimum Gasteiger partial charge on any atom is -0.497 e. The molecule has 1 aromatic rings. The van der Waals surface area contributed by atoms with Gasteiger partial charge in [-0.3, -0.25) is 9.59 Å². The van der Waals surface area contributed by atoms with Gasteiger partial charge in [-0.05, 0) is 49.8 Å². The van der Waals surface area contributed by atoms with Crippen LogP contribution in [0.15, 0.2) is 24.3 Å². The first kappa shape index (κ1) is 19.3. The average Bonchev–Trinajstić information content (AvgIpc) is 3.43. The maximum Gasteiger partial charge on any atom is 0.238 e. The number of nitrogens with zero attached hydrogens (tertiary/aromatic N) is 1. The summed E-state index contributed by atoms with van der Waals surface area (Å²) in [4.78, 5) is 27.3. The first-order valence-electron chi connectivity index (χ1n) is 9.28. The highest BCUT2D eigenvalue weighted by molar-refractivity contribution is 6.07. The number of benzene rings is 1. The van der Waals surface area contributed by atoms with E-state index in [9.17, 15) is 9.59 Å². The molecule has 1 fully saturated rings. The van der Waals surface area contributed by atoms with Crippen molar-refractivity contribution < 1.29 is 14.3 Å². The number of hydrogen-bond donors (Lipinski definition) is 1. The molecule has 5 heteroatoms. The largest absolute Gasteiger partial charge is 0.497 e. The van der Waals surface area contributed by atoms with Crippen LogP contribution >= 0.6 is 0 Å². The van der Waals surface area contributed by atoms with Crippen molar-refractivity contribution in [3.8, 4) is 5.75 Å². The number of amides is 2. The van der Waals surface area contributed by atoms with E-state index in [0.29, 0.717) is 19.4 Å². The van der Waals surface area contributed by atoms with E-state index in [-0.39, 0.29) is 11.8 Å². The third-order valence-electron chi connectivity index (χ3n) is 4.70. The minimum atomic E-state index is -0.807. The van der Waals surface area contributed by atoms with Gasteiger partial charge in [-0.15, -0.1) is 0 Å². The normalized spacial score (nSPS) is 14.7. The van der Waals surface area contributed by atoms with Crippen molar-refractivity contribution in [2.24, 2.45) is 5.41 Å². The van der Waals surface area contributed by atoms with Crippen molar-refractivity contribution in [1.29, 1.82) is 0 Å². The summed E-state index contributed by atoms with van der Waals surface area (Å²) >= 11 is 0. The van der Waals surface area contributed by atoms with Crippen LogP contribution in [0.1, 0.15) is 45.1 Å². The van der Waals surface area contributed by atoms with E-state index in [1.165, 1.54) is 0 Å². The Balaban J connectivity index is 1.89. The van der Waals surface area contributed by atoms with Gasteiger partial charge in [0, 0.05) is 19.6 Å². The second kappa shape index (κ2) is 8.88. The van der Waals surface area contributed by atoms with Crippen molar-refractivity contribution in [3.63, 3.8) is 0 Å². The lowest BCUT2D eigenvalue weighted by atomic mass is 10.0. The summed E-state index contributed by atoms with van der Waals surface area (Å²) in [5, 5.41) is 2.96. The third kappa shape index (κ3) is 4.74. The summed E-state index contributed by atoms with van der Waals surface area (Å²) in [5.41, 5.74) is 0.299. The molecule has 0 radical (unpaired) electrons. The number of rotatable bonds is 10. The molecule has 1 aliphatic rings. The van der Waals surface area contributed by atoms with Crippen molar-refractivity contribution >= 4 is 11.8 Å². The van der Waals surface area contributed by atoms with Crippen molar-refractivity contribution in [2.45, 2.75) is 46.0 Å². The summed E-state index contributed by atoms with van der Waals surface area (Å²) < 4.78 is 5.21. The Morgan fingerprint density at radius 1 is 1.20 bits per heavy atom. The van der Waals surface area contributed by atoms with E-state index >= 15 is 0 Å². The monoisotopic (exact) mass is 346 g/mol. The van der Waals surface area contributed by atoms with E-state index in [1.807, 2.05) is 29.2 Å². The van der Waals surface area contributed by atoms with Crippen LogP contribution in [-0.4, -0.2) is 43.5 Å². The van der Waals surface area contributed by atoms with Gasteiger partial charge in [0.15, 0.2) is 0 Å². The Morgan fingerprint density at radius 3 is 2.44 bits per heavy atom. The van der Waals surface area contributed by atoms with Gasteiger partial charge in [0.1, 0.15) is 11.2 Å². The predicted molar refractivity (Wildman–Crippen MR) is 98.5 cm³/mol. The van der Waals surface area contributed by atoms with Crippen LogP contribution in [-0.2, 0) is 16.0 Å². The SMILES string of the molecule is CCCN(CCC)C(=O)C1(C(=O)NCCc2cccc(OC)c2)CC1. The molecule has 0 heterocycles. The van der Waals surface area contributed by atoms with Gasteiger partial charge in [0.25, 0.3) is 0 Å². The molecule has 1 saturated carbocycles. The van der Waals surface area contributed by atoms with E-state index in [0.717, 1.165) is 43.7 Å². The molecule has 0 unspecified atom stereocenters. The number of carbonyl (C=O) groups is 2. The number of methoxy groups -OCH3 is 1. The molecule has 0 aliphatic heterocycles. The molecule has 138 valence electrons. The van der Waals surface area contributed by atoms with Gasteiger partial charge in [0.05, 0.1) is 7.11 Å². The highest BCUT2D eigenvalue weighted by atomic mass is 16.5. The summed E-state index contributed by atoms with van der Waals surface area (Å²) in [5.74, 6) is 0.708. The lowest BCUT2D eigenvalue weighted by Crippen LogP contribution is -2.46. The molecular weight excluding hydrogens is 316 g/mol. The van der Waals surface area contributed by atoms with Crippen LogP contribution in [0.2, 0.25) is 0 Å². The van der Waals surface area contributed by atoms with Crippen LogP contribution in [0.4, 0.5) is 0 Å².